The van der Waals surface area contributed by atoms with Crippen molar-refractivity contribution in [2.24, 2.45) is 0 Å². The number of nitrogens with zero attached hydrogens (tertiary/aromatic N) is 1. The molecular formula is C15H21ClN2O3S. The summed E-state index contributed by atoms with van der Waals surface area (Å²) in [5.41, 5.74) is 0.290. The maximum absolute atomic E-state index is 12.7. The number of sulfone groups is 1. The Morgan fingerprint density at radius 3 is 2.59 bits per heavy atom. The molecule has 2 aliphatic heterocycles. The van der Waals surface area contributed by atoms with Crippen molar-refractivity contribution in [1.82, 2.24) is 10.2 Å². The van der Waals surface area contributed by atoms with Crippen LogP contribution >= 0.6 is 12.4 Å². The van der Waals surface area contributed by atoms with Crippen molar-refractivity contribution in [2.75, 3.05) is 19.3 Å². The van der Waals surface area contributed by atoms with Gasteiger partial charge in [0.15, 0.2) is 9.84 Å². The Morgan fingerprint density at radius 2 is 1.86 bits per heavy atom. The Bertz CT molecular complexity index is 663. The molecule has 2 bridgehead atoms. The van der Waals surface area contributed by atoms with Crippen LogP contribution in [0, 0.1) is 0 Å². The van der Waals surface area contributed by atoms with Crippen molar-refractivity contribution >= 4 is 28.2 Å². The fraction of sp³-hybridized carbons (Fsp3) is 0.533. The van der Waals surface area contributed by atoms with Gasteiger partial charge in [-0.05, 0) is 31.4 Å². The molecular weight excluding hydrogens is 324 g/mol. The summed E-state index contributed by atoms with van der Waals surface area (Å²) in [4.78, 5) is 14.6. The predicted octanol–water partition coefficient (Wildman–Crippen LogP) is 1.48. The molecule has 7 heteroatoms. The molecule has 1 N–H and O–H groups in total. The van der Waals surface area contributed by atoms with Crippen molar-refractivity contribution < 1.29 is 13.2 Å². The molecule has 22 heavy (non-hydrogen) atoms. The van der Waals surface area contributed by atoms with Gasteiger partial charge in [-0.15, -0.1) is 12.4 Å². The molecule has 0 aromatic heterocycles. The van der Waals surface area contributed by atoms with Crippen LogP contribution in [0.25, 0.3) is 0 Å². The molecule has 2 unspecified atom stereocenters. The van der Waals surface area contributed by atoms with Gasteiger partial charge in [0.1, 0.15) is 0 Å². The quantitative estimate of drug-likeness (QED) is 0.882. The highest BCUT2D eigenvalue weighted by atomic mass is 35.5. The molecule has 2 heterocycles. The summed E-state index contributed by atoms with van der Waals surface area (Å²) >= 11 is 0. The van der Waals surface area contributed by atoms with Gasteiger partial charge in [-0.3, -0.25) is 4.79 Å². The first-order valence-electron chi connectivity index (χ1n) is 7.29. The van der Waals surface area contributed by atoms with E-state index in [-0.39, 0.29) is 28.8 Å². The lowest BCUT2D eigenvalue weighted by atomic mass is 10.1. The third-order valence-corrected chi connectivity index (χ3v) is 5.48. The molecule has 2 atom stereocenters. The monoisotopic (exact) mass is 344 g/mol. The normalized spacial score (nSPS) is 24.5. The van der Waals surface area contributed by atoms with Crippen molar-refractivity contribution in [3.63, 3.8) is 0 Å². The Balaban J connectivity index is 0.00000176. The van der Waals surface area contributed by atoms with Crippen molar-refractivity contribution in [1.29, 1.82) is 0 Å². The molecule has 2 fully saturated rings. The molecule has 1 amide bonds. The van der Waals surface area contributed by atoms with Crippen LogP contribution in [0.2, 0.25) is 0 Å². The zero-order valence-electron chi connectivity index (χ0n) is 12.5. The van der Waals surface area contributed by atoms with E-state index in [1.54, 1.807) is 23.1 Å². The van der Waals surface area contributed by atoms with Gasteiger partial charge in [-0.2, -0.15) is 0 Å². The second-order valence-electron chi connectivity index (χ2n) is 5.95. The highest BCUT2D eigenvalue weighted by molar-refractivity contribution is 7.90. The van der Waals surface area contributed by atoms with Gasteiger partial charge in [0, 0.05) is 31.4 Å². The maximum atomic E-state index is 12.7. The lowest BCUT2D eigenvalue weighted by molar-refractivity contribution is 0.0744. The number of carbonyl (C=O) groups is 1. The van der Waals surface area contributed by atoms with E-state index in [0.717, 1.165) is 19.1 Å². The van der Waals surface area contributed by atoms with Crippen LogP contribution in [0.4, 0.5) is 0 Å². The van der Waals surface area contributed by atoms with Crippen LogP contribution in [0.5, 0.6) is 0 Å². The highest BCUT2D eigenvalue weighted by Crippen LogP contribution is 2.23. The molecule has 122 valence electrons. The summed E-state index contributed by atoms with van der Waals surface area (Å²) in [5, 5.41) is 3.52. The third-order valence-electron chi connectivity index (χ3n) is 4.33. The summed E-state index contributed by atoms with van der Waals surface area (Å²) in [6.45, 7) is 1.35. The van der Waals surface area contributed by atoms with Crippen molar-refractivity contribution in [3.8, 4) is 0 Å². The SMILES string of the molecule is CS(=O)(=O)c1ccccc1C(=O)N1CCC2CCC(C1)N2.Cl. The van der Waals surface area contributed by atoms with Crippen LogP contribution in [0.15, 0.2) is 29.2 Å². The molecule has 2 saturated heterocycles. The molecule has 0 aliphatic carbocycles. The van der Waals surface area contributed by atoms with E-state index in [2.05, 4.69) is 5.32 Å². The molecule has 3 rings (SSSR count). The predicted molar refractivity (Wildman–Crippen MR) is 87.3 cm³/mol. The Kier molecular flexibility index (Phi) is 5.14. The largest absolute Gasteiger partial charge is 0.337 e. The van der Waals surface area contributed by atoms with Crippen LogP contribution in [-0.4, -0.2) is 50.7 Å². The van der Waals surface area contributed by atoms with Gasteiger partial charge in [0.2, 0.25) is 0 Å². The number of carbonyl (C=O) groups excluding carboxylic acids is 1. The standard InChI is InChI=1S/C15H20N2O3S.ClH/c1-21(19,20)14-5-3-2-4-13(14)15(18)17-9-8-11-6-7-12(10-17)16-11;/h2-5,11-12,16H,6-10H2,1H3;1H. The van der Waals surface area contributed by atoms with Crippen molar-refractivity contribution in [3.05, 3.63) is 29.8 Å². The minimum absolute atomic E-state index is 0. The van der Waals surface area contributed by atoms with Crippen LogP contribution in [0.3, 0.4) is 0 Å². The lowest BCUT2D eigenvalue weighted by Crippen LogP contribution is -2.39. The minimum atomic E-state index is -3.40. The van der Waals surface area contributed by atoms with E-state index >= 15 is 0 Å². The number of nitrogens with one attached hydrogen (secondary N) is 1. The number of halogens is 1. The molecule has 0 saturated carbocycles. The fourth-order valence-corrected chi connectivity index (χ4v) is 4.15. The van der Waals surface area contributed by atoms with Crippen LogP contribution in [-0.2, 0) is 9.84 Å². The van der Waals surface area contributed by atoms with Gasteiger partial charge < -0.3 is 10.2 Å². The van der Waals surface area contributed by atoms with E-state index in [1.165, 1.54) is 12.5 Å². The molecule has 5 nitrogen and oxygen atoms in total. The number of amides is 1. The van der Waals surface area contributed by atoms with Crippen molar-refractivity contribution in [2.45, 2.75) is 36.2 Å². The van der Waals surface area contributed by atoms with E-state index in [1.807, 2.05) is 0 Å². The smallest absolute Gasteiger partial charge is 0.255 e. The number of benzene rings is 1. The number of likely N-dealkylation sites (tertiary alicyclic amines) is 1. The Labute approximate surface area is 137 Å². The van der Waals surface area contributed by atoms with Crippen LogP contribution < -0.4 is 5.32 Å². The lowest BCUT2D eigenvalue weighted by Gasteiger charge is -2.25. The third kappa shape index (κ3) is 3.45. The highest BCUT2D eigenvalue weighted by Gasteiger charge is 2.32. The van der Waals surface area contributed by atoms with Gasteiger partial charge in [0.05, 0.1) is 10.5 Å². The number of rotatable bonds is 2. The number of hydrogen-bond acceptors (Lipinski definition) is 4. The van der Waals surface area contributed by atoms with Crippen LogP contribution in [0.1, 0.15) is 29.6 Å². The number of fused-ring (bicyclic) bond motifs is 2. The van der Waals surface area contributed by atoms with Gasteiger partial charge in [-0.25, -0.2) is 8.42 Å². The number of hydrogen-bond donors (Lipinski definition) is 1. The Hall–Kier alpha value is -1.11. The summed E-state index contributed by atoms with van der Waals surface area (Å²) in [7, 11) is -3.40. The van der Waals surface area contributed by atoms with Gasteiger partial charge in [0.25, 0.3) is 5.91 Å². The average molecular weight is 345 g/mol. The molecule has 0 radical (unpaired) electrons. The second-order valence-corrected chi connectivity index (χ2v) is 7.93. The average Bonchev–Trinajstić information content (AvgIpc) is 2.77. The van der Waals surface area contributed by atoms with E-state index in [9.17, 15) is 13.2 Å². The topological polar surface area (TPSA) is 66.5 Å². The maximum Gasteiger partial charge on any atom is 0.255 e. The summed E-state index contributed by atoms with van der Waals surface area (Å²) in [6.07, 6.45) is 4.34. The molecule has 2 aliphatic rings. The minimum Gasteiger partial charge on any atom is -0.337 e. The van der Waals surface area contributed by atoms with E-state index in [4.69, 9.17) is 0 Å². The molecule has 0 spiro atoms. The zero-order valence-corrected chi connectivity index (χ0v) is 14.1. The Morgan fingerprint density at radius 1 is 1.18 bits per heavy atom. The molecule has 1 aromatic carbocycles. The van der Waals surface area contributed by atoms with Gasteiger partial charge in [-0.1, -0.05) is 12.1 Å². The van der Waals surface area contributed by atoms with E-state index < -0.39 is 9.84 Å². The summed E-state index contributed by atoms with van der Waals surface area (Å²) in [5.74, 6) is -0.176. The molecule has 1 aromatic rings. The first-order chi connectivity index (χ1) is 9.95. The second kappa shape index (κ2) is 6.56. The summed E-state index contributed by atoms with van der Waals surface area (Å²) in [6, 6.07) is 7.31. The zero-order chi connectivity index (χ0) is 15.0. The first kappa shape index (κ1) is 17.2. The van der Waals surface area contributed by atoms with Gasteiger partial charge >= 0.3 is 0 Å². The fourth-order valence-electron chi connectivity index (χ4n) is 3.26. The first-order valence-corrected chi connectivity index (χ1v) is 9.18. The summed E-state index contributed by atoms with van der Waals surface area (Å²) < 4.78 is 23.7. The van der Waals surface area contributed by atoms with E-state index in [0.29, 0.717) is 25.2 Å².